The maximum atomic E-state index is 13.4. The molecule has 4 rings (SSSR count). The molecule has 52 heavy (non-hydrogen) atoms. The monoisotopic (exact) mass is 741 g/mol. The smallest absolute Gasteiger partial charge is 0.331 e. The van der Waals surface area contributed by atoms with Crippen LogP contribution in [0.3, 0.4) is 0 Å². The van der Waals surface area contributed by atoms with Gasteiger partial charge in [-0.2, -0.15) is 0 Å². The Kier molecular flexibility index (Phi) is 14.8. The van der Waals surface area contributed by atoms with E-state index in [0.29, 0.717) is 12.8 Å². The maximum absolute atomic E-state index is 13.4. The van der Waals surface area contributed by atoms with Gasteiger partial charge in [-0.05, 0) is 34.2 Å². The van der Waals surface area contributed by atoms with Crippen molar-refractivity contribution in [3.05, 3.63) is 60.7 Å². The van der Waals surface area contributed by atoms with Crippen molar-refractivity contribution in [2.24, 2.45) is 17.8 Å². The van der Waals surface area contributed by atoms with E-state index in [1.54, 1.807) is 13.8 Å². The third-order valence-corrected chi connectivity index (χ3v) is 15.4. The van der Waals surface area contributed by atoms with Crippen LogP contribution in [0.2, 0.25) is 5.04 Å². The van der Waals surface area contributed by atoms with E-state index in [4.69, 9.17) is 23.4 Å². The average molecular weight is 742 g/mol. The van der Waals surface area contributed by atoms with Crippen LogP contribution in [0.15, 0.2) is 60.7 Å². The summed E-state index contributed by atoms with van der Waals surface area (Å²) in [6.07, 6.45) is -3.73. The molecule has 1 saturated heterocycles. The summed E-state index contributed by atoms with van der Waals surface area (Å²) < 4.78 is 31.5. The molecule has 1 aliphatic carbocycles. The molecule has 0 bridgehead atoms. The van der Waals surface area contributed by atoms with Gasteiger partial charge in [0.2, 0.25) is 5.91 Å². The number of carbonyl (C=O) groups is 3. The first-order chi connectivity index (χ1) is 24.6. The van der Waals surface area contributed by atoms with Crippen molar-refractivity contribution in [1.29, 1.82) is 0 Å². The molecule has 1 saturated carbocycles. The second kappa shape index (κ2) is 18.4. The highest BCUT2D eigenvalue weighted by atomic mass is 28.4. The second-order valence-electron chi connectivity index (χ2n) is 15.7. The molecule has 1 amide bonds. The molecular formula is C40H59NO10Si. The topological polar surface area (TPSA) is 150 Å². The Balaban J connectivity index is 1.84. The maximum Gasteiger partial charge on any atom is 0.331 e. The molecule has 8 atom stereocenters. The molecular weight excluding hydrogens is 683 g/mol. The molecule has 0 aromatic heterocycles. The number of hydrogen-bond acceptors (Lipinski definition) is 10. The largest absolute Gasteiger partial charge is 0.467 e. The van der Waals surface area contributed by atoms with Crippen LogP contribution >= 0.6 is 0 Å². The SMILES string of the molecule is COC(=O)CO[C@@H]1C(NC(=O)C(C)C)C(O[C@H]2CCC[C@@H](CC(=O)C(C)C)[C@@H]2O[Si](c2ccccc2)(c2ccccc2)C(C)(C)C)OC(CO)[C@@H]1O. The Morgan fingerprint density at radius 2 is 1.52 bits per heavy atom. The number of rotatable bonds is 15. The van der Waals surface area contributed by atoms with Crippen molar-refractivity contribution in [3.63, 3.8) is 0 Å². The fourth-order valence-electron chi connectivity index (χ4n) is 7.40. The van der Waals surface area contributed by atoms with Gasteiger partial charge in [0.1, 0.15) is 36.7 Å². The molecule has 1 heterocycles. The van der Waals surface area contributed by atoms with Gasteiger partial charge in [0, 0.05) is 18.3 Å². The van der Waals surface area contributed by atoms with Crippen molar-refractivity contribution < 1.29 is 48.0 Å². The van der Waals surface area contributed by atoms with Crippen LogP contribution in [0.4, 0.5) is 0 Å². The minimum Gasteiger partial charge on any atom is -0.467 e. The van der Waals surface area contributed by atoms with Gasteiger partial charge in [0.25, 0.3) is 8.32 Å². The Labute approximate surface area is 309 Å². The van der Waals surface area contributed by atoms with Crippen molar-refractivity contribution in [2.45, 2.75) is 122 Å². The van der Waals surface area contributed by atoms with Crippen LogP contribution in [0, 0.1) is 17.8 Å². The number of ether oxygens (including phenoxy) is 4. The van der Waals surface area contributed by atoms with E-state index in [9.17, 15) is 24.6 Å². The van der Waals surface area contributed by atoms with Crippen LogP contribution in [0.25, 0.3) is 0 Å². The molecule has 0 radical (unpaired) electrons. The third kappa shape index (κ3) is 9.57. The van der Waals surface area contributed by atoms with E-state index in [0.717, 1.165) is 23.2 Å². The number of hydrogen-bond donors (Lipinski definition) is 3. The van der Waals surface area contributed by atoms with Crippen molar-refractivity contribution >= 4 is 36.4 Å². The predicted octanol–water partition coefficient (Wildman–Crippen LogP) is 3.51. The number of aliphatic hydroxyl groups is 2. The van der Waals surface area contributed by atoms with Crippen LogP contribution in [-0.2, 0) is 37.8 Å². The van der Waals surface area contributed by atoms with Gasteiger partial charge in [-0.15, -0.1) is 0 Å². The summed E-state index contributed by atoms with van der Waals surface area (Å²) in [7, 11) is -1.93. The van der Waals surface area contributed by atoms with Crippen molar-refractivity contribution in [2.75, 3.05) is 20.3 Å². The van der Waals surface area contributed by atoms with E-state index < -0.39 is 76.3 Å². The lowest BCUT2D eigenvalue weighted by Crippen LogP contribution is -2.70. The van der Waals surface area contributed by atoms with Gasteiger partial charge in [-0.1, -0.05) is 116 Å². The quantitative estimate of drug-likeness (QED) is 0.183. The van der Waals surface area contributed by atoms with Gasteiger partial charge in [-0.3, -0.25) is 9.59 Å². The Morgan fingerprint density at radius 3 is 2.02 bits per heavy atom. The summed E-state index contributed by atoms with van der Waals surface area (Å²) in [6.45, 7) is 12.8. The molecule has 2 aromatic carbocycles. The lowest BCUT2D eigenvalue weighted by Gasteiger charge is -2.51. The lowest BCUT2D eigenvalue weighted by molar-refractivity contribution is -0.297. The molecule has 2 aliphatic rings. The Morgan fingerprint density at radius 1 is 0.923 bits per heavy atom. The molecule has 11 nitrogen and oxygen atoms in total. The molecule has 288 valence electrons. The zero-order chi connectivity index (χ0) is 38.2. The van der Waals surface area contributed by atoms with Gasteiger partial charge >= 0.3 is 5.97 Å². The van der Waals surface area contributed by atoms with Crippen LogP contribution < -0.4 is 15.7 Å². The van der Waals surface area contributed by atoms with E-state index in [1.807, 2.05) is 50.2 Å². The first kappa shape index (κ1) is 41.8. The molecule has 12 heteroatoms. The Bertz CT molecular complexity index is 1410. The lowest BCUT2D eigenvalue weighted by atomic mass is 9.80. The number of Topliss-reactive ketones (excluding diaryl/α,β-unsaturated/α-hetero) is 1. The number of methoxy groups -OCH3 is 1. The number of benzene rings is 2. The highest BCUT2D eigenvalue weighted by Crippen LogP contribution is 2.43. The summed E-state index contributed by atoms with van der Waals surface area (Å²) in [5, 5.41) is 26.3. The number of ketones is 1. The first-order valence-electron chi connectivity index (χ1n) is 18.5. The predicted molar refractivity (Wildman–Crippen MR) is 199 cm³/mol. The van der Waals surface area contributed by atoms with Gasteiger partial charge < -0.3 is 38.9 Å². The summed E-state index contributed by atoms with van der Waals surface area (Å²) in [5.41, 5.74) is 0. The third-order valence-electron chi connectivity index (χ3n) is 10.3. The van der Waals surface area contributed by atoms with E-state index in [2.05, 4.69) is 50.4 Å². The summed E-state index contributed by atoms with van der Waals surface area (Å²) in [5.74, 6) is -1.65. The Hall–Kier alpha value is -2.97. The van der Waals surface area contributed by atoms with Crippen molar-refractivity contribution in [3.8, 4) is 0 Å². The van der Waals surface area contributed by atoms with E-state index >= 15 is 0 Å². The number of amides is 1. The first-order valence-corrected chi connectivity index (χ1v) is 20.5. The normalized spacial score (nSPS) is 27.0. The standard InChI is InChI=1S/C40H59NO10Si/c1-25(2)30(43)22-27-16-15-21-31(36(27)51-52(40(5,6)7,28-17-11-9-12-18-28)29-19-13-10-14-20-29)49-39-34(41-38(46)26(3)4)37(48-24-33(44)47-8)35(45)32(23-42)50-39/h9-14,17-20,25-27,31-32,34-37,39,42,45H,15-16,21-24H2,1-8H3,(H,41,46)/t27-,31-,32?,34?,35-,36-,37+,39?/m0/s1. The minimum absolute atomic E-state index is 0.137. The molecule has 1 aliphatic heterocycles. The summed E-state index contributed by atoms with van der Waals surface area (Å²) >= 11 is 0. The summed E-state index contributed by atoms with van der Waals surface area (Å²) in [6, 6.07) is 19.5. The molecule has 3 N–H and O–H groups in total. The molecule has 2 aromatic rings. The number of esters is 1. The molecule has 3 unspecified atom stereocenters. The van der Waals surface area contributed by atoms with Gasteiger partial charge in [0.05, 0.1) is 25.9 Å². The number of aliphatic hydroxyl groups excluding tert-OH is 2. The summed E-state index contributed by atoms with van der Waals surface area (Å²) in [4.78, 5) is 38.8. The van der Waals surface area contributed by atoms with Crippen LogP contribution in [-0.4, -0.2) is 99.4 Å². The number of carbonyl (C=O) groups excluding carboxylic acids is 3. The molecule has 0 spiro atoms. The second-order valence-corrected chi connectivity index (χ2v) is 19.9. The zero-order valence-corrected chi connectivity index (χ0v) is 33.0. The average Bonchev–Trinajstić information content (AvgIpc) is 3.12. The fourth-order valence-corrected chi connectivity index (χ4v) is 12.2. The highest BCUT2D eigenvalue weighted by Gasteiger charge is 2.55. The van der Waals surface area contributed by atoms with Gasteiger partial charge in [0.15, 0.2) is 6.29 Å². The van der Waals surface area contributed by atoms with Gasteiger partial charge in [-0.25, -0.2) is 4.79 Å². The van der Waals surface area contributed by atoms with E-state index in [-0.39, 0.29) is 28.6 Å². The number of nitrogens with one attached hydrogen (secondary N) is 1. The highest BCUT2D eigenvalue weighted by molar-refractivity contribution is 6.99. The zero-order valence-electron chi connectivity index (χ0n) is 32.0. The van der Waals surface area contributed by atoms with Crippen molar-refractivity contribution in [1.82, 2.24) is 5.32 Å². The van der Waals surface area contributed by atoms with Crippen LogP contribution in [0.5, 0.6) is 0 Å². The molecule has 2 fully saturated rings. The van der Waals surface area contributed by atoms with Crippen LogP contribution in [0.1, 0.15) is 74.1 Å². The minimum atomic E-state index is -3.15. The van der Waals surface area contributed by atoms with E-state index in [1.165, 1.54) is 7.11 Å². The fraction of sp³-hybridized carbons (Fsp3) is 0.625.